The van der Waals surface area contributed by atoms with Gasteiger partial charge < -0.3 is 24.6 Å². The number of benzene rings is 2. The van der Waals surface area contributed by atoms with Crippen LogP contribution in [0.4, 0.5) is 0 Å². The molecular weight excluding hydrogens is 362 g/mol. The molecule has 0 aliphatic carbocycles. The van der Waals surface area contributed by atoms with Crippen molar-refractivity contribution in [3.63, 3.8) is 0 Å². The average Bonchev–Trinajstić information content (AvgIpc) is 2.71. The Hall–Kier alpha value is -3.22. The van der Waals surface area contributed by atoms with E-state index < -0.39 is 5.97 Å². The summed E-state index contributed by atoms with van der Waals surface area (Å²) >= 11 is 0. The minimum atomic E-state index is -1.01. The standard InChI is InChI=1S/C21H25NO6/c1-26-17-7-8-18(27-2)15(12-17)6-9-20(23)22-11-10-14-4-5-16(21(24)25)13-19(14)28-3/h4-5,7-8,12-13H,6,9-11H2,1-3H3,(H,22,23)(H,24,25). The van der Waals surface area contributed by atoms with Gasteiger partial charge in [-0.05, 0) is 54.3 Å². The Balaban J connectivity index is 1.87. The molecular formula is C21H25NO6. The number of nitrogens with one attached hydrogen (secondary N) is 1. The van der Waals surface area contributed by atoms with E-state index >= 15 is 0 Å². The third-order valence-corrected chi connectivity index (χ3v) is 4.36. The van der Waals surface area contributed by atoms with Crippen molar-refractivity contribution in [2.45, 2.75) is 19.3 Å². The number of rotatable bonds is 10. The van der Waals surface area contributed by atoms with E-state index in [1.165, 1.54) is 19.2 Å². The first-order valence-corrected chi connectivity index (χ1v) is 8.86. The van der Waals surface area contributed by atoms with Crippen LogP contribution in [0.15, 0.2) is 36.4 Å². The Morgan fingerprint density at radius 3 is 2.29 bits per heavy atom. The highest BCUT2D eigenvalue weighted by molar-refractivity contribution is 5.88. The van der Waals surface area contributed by atoms with Gasteiger partial charge in [0.2, 0.25) is 5.91 Å². The quantitative estimate of drug-likeness (QED) is 0.651. The van der Waals surface area contributed by atoms with Gasteiger partial charge in [0.1, 0.15) is 17.2 Å². The zero-order valence-electron chi connectivity index (χ0n) is 16.3. The Morgan fingerprint density at radius 2 is 1.64 bits per heavy atom. The molecule has 2 aromatic rings. The summed E-state index contributed by atoms with van der Waals surface area (Å²) in [5, 5.41) is 11.9. The minimum Gasteiger partial charge on any atom is -0.497 e. The lowest BCUT2D eigenvalue weighted by atomic mass is 10.1. The highest BCUT2D eigenvalue weighted by Gasteiger charge is 2.11. The number of carboxylic acids is 1. The Bertz CT molecular complexity index is 834. The van der Waals surface area contributed by atoms with E-state index in [9.17, 15) is 9.59 Å². The van der Waals surface area contributed by atoms with Crippen molar-refractivity contribution in [2.75, 3.05) is 27.9 Å². The summed E-state index contributed by atoms with van der Waals surface area (Å²) in [6.45, 7) is 0.427. The number of ether oxygens (including phenoxy) is 3. The normalized spacial score (nSPS) is 10.2. The van der Waals surface area contributed by atoms with E-state index in [4.69, 9.17) is 19.3 Å². The SMILES string of the molecule is COc1ccc(OC)c(CCC(=O)NCCc2ccc(C(=O)O)cc2OC)c1. The molecule has 0 bridgehead atoms. The number of methoxy groups -OCH3 is 3. The smallest absolute Gasteiger partial charge is 0.335 e. The summed E-state index contributed by atoms with van der Waals surface area (Å²) in [4.78, 5) is 23.2. The topological polar surface area (TPSA) is 94.1 Å². The van der Waals surface area contributed by atoms with Crippen LogP contribution in [-0.4, -0.2) is 44.9 Å². The summed E-state index contributed by atoms with van der Waals surface area (Å²) in [5.41, 5.74) is 1.90. The first kappa shape index (κ1) is 21.1. The van der Waals surface area contributed by atoms with Gasteiger partial charge in [0.25, 0.3) is 0 Å². The summed E-state index contributed by atoms with van der Waals surface area (Å²) in [7, 11) is 4.68. The number of hydrogen-bond donors (Lipinski definition) is 2. The van der Waals surface area contributed by atoms with E-state index in [2.05, 4.69) is 5.32 Å². The van der Waals surface area contributed by atoms with Crippen LogP contribution >= 0.6 is 0 Å². The molecule has 0 unspecified atom stereocenters. The number of hydrogen-bond acceptors (Lipinski definition) is 5. The van der Waals surface area contributed by atoms with E-state index in [1.54, 1.807) is 20.3 Å². The summed E-state index contributed by atoms with van der Waals surface area (Å²) < 4.78 is 15.8. The molecule has 0 radical (unpaired) electrons. The molecule has 1 amide bonds. The van der Waals surface area contributed by atoms with Crippen molar-refractivity contribution < 1.29 is 28.9 Å². The number of aromatic carboxylic acids is 1. The van der Waals surface area contributed by atoms with Crippen LogP contribution in [0.5, 0.6) is 17.2 Å². The Kier molecular flexibility index (Phi) is 7.68. The lowest BCUT2D eigenvalue weighted by Gasteiger charge is -2.12. The van der Waals surface area contributed by atoms with Crippen LogP contribution in [-0.2, 0) is 17.6 Å². The second-order valence-corrected chi connectivity index (χ2v) is 6.11. The number of carbonyl (C=O) groups excluding carboxylic acids is 1. The van der Waals surface area contributed by atoms with Gasteiger partial charge in [-0.1, -0.05) is 6.07 Å². The van der Waals surface area contributed by atoms with Crippen LogP contribution in [0, 0.1) is 0 Å². The van der Waals surface area contributed by atoms with Gasteiger partial charge in [-0.3, -0.25) is 4.79 Å². The predicted molar refractivity (Wildman–Crippen MR) is 105 cm³/mol. The summed E-state index contributed by atoms with van der Waals surface area (Å²) in [6.07, 6.45) is 1.39. The van der Waals surface area contributed by atoms with Gasteiger partial charge in [0.05, 0.1) is 26.9 Å². The molecule has 7 nitrogen and oxygen atoms in total. The van der Waals surface area contributed by atoms with Gasteiger partial charge in [-0.15, -0.1) is 0 Å². The molecule has 0 saturated heterocycles. The van der Waals surface area contributed by atoms with Crippen molar-refractivity contribution in [3.05, 3.63) is 53.1 Å². The van der Waals surface area contributed by atoms with Crippen molar-refractivity contribution in [1.82, 2.24) is 5.32 Å². The molecule has 0 saturated carbocycles. The first-order valence-electron chi connectivity index (χ1n) is 8.86. The number of amides is 1. The maximum Gasteiger partial charge on any atom is 0.335 e. The number of carboxylic acid groups (broad SMARTS) is 1. The van der Waals surface area contributed by atoms with Crippen molar-refractivity contribution in [2.24, 2.45) is 0 Å². The first-order chi connectivity index (χ1) is 13.5. The predicted octanol–water partition coefficient (Wildman–Crippen LogP) is 2.70. The van der Waals surface area contributed by atoms with Crippen LogP contribution in [0.2, 0.25) is 0 Å². The fraction of sp³-hybridized carbons (Fsp3) is 0.333. The third-order valence-electron chi connectivity index (χ3n) is 4.36. The molecule has 0 heterocycles. The zero-order valence-corrected chi connectivity index (χ0v) is 16.3. The summed E-state index contributed by atoms with van der Waals surface area (Å²) in [6, 6.07) is 10.2. The third kappa shape index (κ3) is 5.64. The lowest BCUT2D eigenvalue weighted by molar-refractivity contribution is -0.121. The van der Waals surface area contributed by atoms with E-state index in [0.29, 0.717) is 37.3 Å². The molecule has 0 aromatic heterocycles. The van der Waals surface area contributed by atoms with Gasteiger partial charge in [0.15, 0.2) is 0 Å². The molecule has 0 aliphatic heterocycles. The van der Waals surface area contributed by atoms with E-state index in [1.807, 2.05) is 18.2 Å². The van der Waals surface area contributed by atoms with E-state index in [-0.39, 0.29) is 11.5 Å². The van der Waals surface area contributed by atoms with Gasteiger partial charge >= 0.3 is 5.97 Å². The highest BCUT2D eigenvalue weighted by Crippen LogP contribution is 2.25. The molecule has 2 rings (SSSR count). The largest absolute Gasteiger partial charge is 0.497 e. The summed E-state index contributed by atoms with van der Waals surface area (Å²) in [5.74, 6) is 0.845. The fourth-order valence-corrected chi connectivity index (χ4v) is 2.83. The number of aryl methyl sites for hydroxylation is 1. The van der Waals surface area contributed by atoms with Gasteiger partial charge in [-0.25, -0.2) is 4.79 Å². The van der Waals surface area contributed by atoms with E-state index in [0.717, 1.165) is 16.9 Å². The highest BCUT2D eigenvalue weighted by atomic mass is 16.5. The molecule has 2 N–H and O–H groups in total. The average molecular weight is 387 g/mol. The molecule has 0 aliphatic rings. The molecule has 150 valence electrons. The Labute approximate surface area is 164 Å². The van der Waals surface area contributed by atoms with Crippen LogP contribution in [0.3, 0.4) is 0 Å². The van der Waals surface area contributed by atoms with Crippen molar-refractivity contribution >= 4 is 11.9 Å². The molecule has 28 heavy (non-hydrogen) atoms. The molecule has 0 spiro atoms. The monoisotopic (exact) mass is 387 g/mol. The van der Waals surface area contributed by atoms with Gasteiger partial charge in [0, 0.05) is 13.0 Å². The second-order valence-electron chi connectivity index (χ2n) is 6.11. The maximum atomic E-state index is 12.2. The van der Waals surface area contributed by atoms with Crippen LogP contribution in [0.1, 0.15) is 27.9 Å². The minimum absolute atomic E-state index is 0.0778. The second kappa shape index (κ2) is 10.2. The molecule has 7 heteroatoms. The van der Waals surface area contributed by atoms with Crippen LogP contribution in [0.25, 0.3) is 0 Å². The molecule has 0 fully saturated rings. The number of carbonyl (C=O) groups is 2. The fourth-order valence-electron chi connectivity index (χ4n) is 2.83. The van der Waals surface area contributed by atoms with Gasteiger partial charge in [-0.2, -0.15) is 0 Å². The zero-order chi connectivity index (χ0) is 20.5. The maximum absolute atomic E-state index is 12.2. The Morgan fingerprint density at radius 1 is 0.893 bits per heavy atom. The van der Waals surface area contributed by atoms with Crippen molar-refractivity contribution in [3.8, 4) is 17.2 Å². The lowest BCUT2D eigenvalue weighted by Crippen LogP contribution is -2.26. The molecule has 0 atom stereocenters. The van der Waals surface area contributed by atoms with Crippen molar-refractivity contribution in [1.29, 1.82) is 0 Å². The van der Waals surface area contributed by atoms with Crippen LogP contribution < -0.4 is 19.5 Å². The molecule has 2 aromatic carbocycles.